The highest BCUT2D eigenvalue weighted by atomic mass is 127. The molecule has 0 spiro atoms. The molecular weight excluding hydrogens is 511 g/mol. The Morgan fingerprint density at radius 1 is 1.06 bits per heavy atom. The Labute approximate surface area is 211 Å². The van der Waals surface area contributed by atoms with E-state index in [2.05, 4.69) is 70.7 Å². The maximum atomic E-state index is 4.53. The van der Waals surface area contributed by atoms with E-state index in [-0.39, 0.29) is 30.0 Å². The fourth-order valence-corrected chi connectivity index (χ4v) is 4.40. The van der Waals surface area contributed by atoms with Crippen LogP contribution in [-0.2, 0) is 26.6 Å². The highest BCUT2D eigenvalue weighted by Crippen LogP contribution is 2.15. The zero-order chi connectivity index (χ0) is 22.2. The molecule has 1 aromatic heterocycles. The standard InChI is InChI=1S/C25H40N6.HI/c1-19(16-24-20(2)29-30(5)21(24)3)28-25(26-4)27-17-22-10-12-23(13-11-22)18-31-14-8-6-7-9-15-31;/h10-13,19H,6-9,14-18H2,1-5H3,(H2,26,27,28);1H. The average molecular weight is 553 g/mol. The molecule has 0 bridgehead atoms. The molecule has 0 saturated carbocycles. The number of likely N-dealkylation sites (tertiary alicyclic amines) is 1. The predicted octanol–water partition coefficient (Wildman–Crippen LogP) is 4.33. The van der Waals surface area contributed by atoms with Crippen molar-refractivity contribution in [2.24, 2.45) is 12.0 Å². The lowest BCUT2D eigenvalue weighted by Gasteiger charge is -2.20. The van der Waals surface area contributed by atoms with Crippen LogP contribution in [0, 0.1) is 13.8 Å². The van der Waals surface area contributed by atoms with Crippen LogP contribution in [0.1, 0.15) is 60.7 Å². The highest BCUT2D eigenvalue weighted by Gasteiger charge is 2.14. The van der Waals surface area contributed by atoms with Gasteiger partial charge in [0.1, 0.15) is 0 Å². The van der Waals surface area contributed by atoms with Crippen molar-refractivity contribution in [2.45, 2.75) is 72.0 Å². The number of aliphatic imine (C=N–C) groups is 1. The summed E-state index contributed by atoms with van der Waals surface area (Å²) in [5.41, 5.74) is 6.34. The Morgan fingerprint density at radius 2 is 1.69 bits per heavy atom. The first kappa shape index (κ1) is 26.6. The molecule has 32 heavy (non-hydrogen) atoms. The summed E-state index contributed by atoms with van der Waals surface area (Å²) in [4.78, 5) is 7.00. The third-order valence-corrected chi connectivity index (χ3v) is 6.36. The number of halogens is 1. The summed E-state index contributed by atoms with van der Waals surface area (Å²) in [5.74, 6) is 0.834. The summed E-state index contributed by atoms with van der Waals surface area (Å²) in [7, 11) is 3.83. The molecule has 0 aliphatic carbocycles. The maximum Gasteiger partial charge on any atom is 0.191 e. The van der Waals surface area contributed by atoms with Crippen molar-refractivity contribution in [3.05, 3.63) is 52.3 Å². The van der Waals surface area contributed by atoms with Gasteiger partial charge in [-0.1, -0.05) is 37.1 Å². The van der Waals surface area contributed by atoms with Crippen molar-refractivity contribution in [1.29, 1.82) is 0 Å². The van der Waals surface area contributed by atoms with Gasteiger partial charge in [0.15, 0.2) is 5.96 Å². The van der Waals surface area contributed by atoms with Gasteiger partial charge in [0.25, 0.3) is 0 Å². The number of hydrogen-bond donors (Lipinski definition) is 2. The molecule has 1 unspecified atom stereocenters. The summed E-state index contributed by atoms with van der Waals surface area (Å²) in [6, 6.07) is 9.28. The molecule has 178 valence electrons. The van der Waals surface area contributed by atoms with Crippen LogP contribution >= 0.6 is 24.0 Å². The van der Waals surface area contributed by atoms with Gasteiger partial charge in [-0.05, 0) is 69.8 Å². The van der Waals surface area contributed by atoms with Crippen molar-refractivity contribution in [2.75, 3.05) is 20.1 Å². The zero-order valence-electron chi connectivity index (χ0n) is 20.4. The normalized spacial score (nSPS) is 16.2. The Hall–Kier alpha value is -1.61. The molecule has 1 aromatic carbocycles. The van der Waals surface area contributed by atoms with Crippen LogP contribution < -0.4 is 10.6 Å². The molecule has 1 aliphatic heterocycles. The number of rotatable bonds is 7. The predicted molar refractivity (Wildman–Crippen MR) is 145 cm³/mol. The van der Waals surface area contributed by atoms with Crippen molar-refractivity contribution in [3.8, 4) is 0 Å². The Morgan fingerprint density at radius 3 is 2.25 bits per heavy atom. The lowest BCUT2D eigenvalue weighted by Crippen LogP contribution is -2.42. The van der Waals surface area contributed by atoms with E-state index < -0.39 is 0 Å². The van der Waals surface area contributed by atoms with Crippen LogP contribution in [-0.4, -0.2) is 46.8 Å². The van der Waals surface area contributed by atoms with Gasteiger partial charge in [-0.3, -0.25) is 14.6 Å². The van der Waals surface area contributed by atoms with Gasteiger partial charge in [0, 0.05) is 38.9 Å². The second-order valence-corrected chi connectivity index (χ2v) is 8.96. The van der Waals surface area contributed by atoms with E-state index in [0.29, 0.717) is 0 Å². The number of nitrogens with zero attached hydrogens (tertiary/aromatic N) is 4. The minimum Gasteiger partial charge on any atom is -0.354 e. The highest BCUT2D eigenvalue weighted by molar-refractivity contribution is 14.0. The van der Waals surface area contributed by atoms with Gasteiger partial charge >= 0.3 is 0 Å². The number of nitrogens with one attached hydrogen (secondary N) is 2. The van der Waals surface area contributed by atoms with Crippen LogP contribution in [0.25, 0.3) is 0 Å². The fourth-order valence-electron chi connectivity index (χ4n) is 4.40. The number of aromatic nitrogens is 2. The van der Waals surface area contributed by atoms with E-state index in [1.54, 1.807) is 0 Å². The number of benzene rings is 1. The third-order valence-electron chi connectivity index (χ3n) is 6.36. The minimum absolute atomic E-state index is 0. The van der Waals surface area contributed by atoms with E-state index in [1.165, 1.54) is 61.2 Å². The molecule has 1 atom stereocenters. The molecule has 2 N–H and O–H groups in total. The summed E-state index contributed by atoms with van der Waals surface area (Å²) < 4.78 is 1.96. The largest absolute Gasteiger partial charge is 0.354 e. The number of aryl methyl sites for hydroxylation is 2. The molecule has 0 radical (unpaired) electrons. The van der Waals surface area contributed by atoms with Crippen molar-refractivity contribution >= 4 is 29.9 Å². The maximum absolute atomic E-state index is 4.53. The van der Waals surface area contributed by atoms with Crippen LogP contribution in [0.5, 0.6) is 0 Å². The van der Waals surface area contributed by atoms with Crippen LogP contribution in [0.3, 0.4) is 0 Å². The van der Waals surface area contributed by atoms with Gasteiger partial charge in [-0.15, -0.1) is 24.0 Å². The molecule has 7 heteroatoms. The molecule has 6 nitrogen and oxygen atoms in total. The first-order valence-electron chi connectivity index (χ1n) is 11.7. The topological polar surface area (TPSA) is 57.5 Å². The van der Waals surface area contributed by atoms with Gasteiger partial charge in [0.2, 0.25) is 0 Å². The lowest BCUT2D eigenvalue weighted by atomic mass is 10.1. The first-order chi connectivity index (χ1) is 15.0. The molecule has 2 aromatic rings. The summed E-state index contributed by atoms with van der Waals surface area (Å²) in [6.07, 6.45) is 6.38. The molecule has 1 fully saturated rings. The van der Waals surface area contributed by atoms with E-state index in [9.17, 15) is 0 Å². The smallest absolute Gasteiger partial charge is 0.191 e. The van der Waals surface area contributed by atoms with Gasteiger partial charge in [-0.25, -0.2) is 0 Å². The molecule has 1 saturated heterocycles. The number of hydrogen-bond acceptors (Lipinski definition) is 3. The Kier molecular flexibility index (Phi) is 11.0. The Bertz CT molecular complexity index is 850. The van der Waals surface area contributed by atoms with Crippen LogP contribution in [0.4, 0.5) is 0 Å². The monoisotopic (exact) mass is 552 g/mol. The summed E-state index contributed by atoms with van der Waals surface area (Å²) in [6.45, 7) is 10.7. The van der Waals surface area contributed by atoms with Crippen LogP contribution in [0.2, 0.25) is 0 Å². The SMILES string of the molecule is CN=C(NCc1ccc(CN2CCCCCC2)cc1)NC(C)Cc1c(C)nn(C)c1C.I. The molecule has 3 rings (SSSR count). The molecule has 2 heterocycles. The van der Waals surface area contributed by atoms with Crippen molar-refractivity contribution < 1.29 is 0 Å². The second kappa shape index (κ2) is 13.2. The lowest BCUT2D eigenvalue weighted by molar-refractivity contribution is 0.277. The molecule has 1 aliphatic rings. The minimum atomic E-state index is 0. The molecule has 0 amide bonds. The zero-order valence-corrected chi connectivity index (χ0v) is 22.8. The third kappa shape index (κ3) is 7.76. The Balaban J connectivity index is 0.00000363. The first-order valence-corrected chi connectivity index (χ1v) is 11.7. The van der Waals surface area contributed by atoms with Crippen molar-refractivity contribution in [3.63, 3.8) is 0 Å². The van der Waals surface area contributed by atoms with Gasteiger partial charge in [0.05, 0.1) is 5.69 Å². The van der Waals surface area contributed by atoms with Gasteiger partial charge < -0.3 is 10.6 Å². The summed E-state index contributed by atoms with van der Waals surface area (Å²) >= 11 is 0. The molecular formula is C25H41IN6. The van der Waals surface area contributed by atoms with Crippen LogP contribution in [0.15, 0.2) is 29.3 Å². The van der Waals surface area contributed by atoms with Gasteiger partial charge in [-0.2, -0.15) is 5.10 Å². The van der Waals surface area contributed by atoms with Crippen molar-refractivity contribution in [1.82, 2.24) is 25.3 Å². The van der Waals surface area contributed by atoms with E-state index in [0.717, 1.165) is 31.2 Å². The fraction of sp³-hybridized carbons (Fsp3) is 0.600. The number of guanidine groups is 1. The second-order valence-electron chi connectivity index (χ2n) is 8.96. The van der Waals surface area contributed by atoms with E-state index in [1.807, 2.05) is 18.8 Å². The van der Waals surface area contributed by atoms with E-state index >= 15 is 0 Å². The quantitative estimate of drug-likeness (QED) is 0.305. The average Bonchev–Trinajstić information content (AvgIpc) is 2.94. The summed E-state index contributed by atoms with van der Waals surface area (Å²) in [5, 5.41) is 11.5. The van der Waals surface area contributed by atoms with E-state index in [4.69, 9.17) is 0 Å².